The van der Waals surface area contributed by atoms with Gasteiger partial charge in [0.1, 0.15) is 0 Å². The predicted octanol–water partition coefficient (Wildman–Crippen LogP) is 12.9. The van der Waals surface area contributed by atoms with Crippen molar-refractivity contribution in [2.24, 2.45) is 0 Å². The van der Waals surface area contributed by atoms with Crippen LogP contribution in [-0.2, 0) is 4.57 Å². The van der Waals surface area contributed by atoms with Gasteiger partial charge in [0, 0.05) is 42.3 Å². The Kier molecular flexibility index (Phi) is 8.33. The van der Waals surface area contributed by atoms with Crippen LogP contribution >= 0.6 is 18.5 Å². The summed E-state index contributed by atoms with van der Waals surface area (Å²) in [6, 6.07) is 71.3. The van der Waals surface area contributed by atoms with Gasteiger partial charge in [-0.05, 0) is 57.6 Å². The zero-order chi connectivity index (χ0) is 36.8. The van der Waals surface area contributed by atoms with E-state index in [1.807, 2.05) is 72.8 Å². The Hall–Kier alpha value is -6.38. The van der Waals surface area contributed by atoms with Gasteiger partial charge in [-0.3, -0.25) is 0 Å². The van der Waals surface area contributed by atoms with Crippen molar-refractivity contribution in [3.63, 3.8) is 0 Å². The summed E-state index contributed by atoms with van der Waals surface area (Å²) in [4.78, 5) is 5.46. The molecule has 0 aliphatic rings. The molecule has 8 aromatic carbocycles. The van der Waals surface area contributed by atoms with Gasteiger partial charge >= 0.3 is 0 Å². The van der Waals surface area contributed by atoms with Crippen LogP contribution in [0, 0.1) is 0 Å². The summed E-state index contributed by atoms with van der Waals surface area (Å²) in [5.41, 5.74) is 9.81. The van der Waals surface area contributed by atoms with Crippen molar-refractivity contribution in [3.8, 4) is 44.6 Å². The van der Waals surface area contributed by atoms with Crippen molar-refractivity contribution in [2.75, 3.05) is 0 Å². The molecule has 0 N–H and O–H groups in total. The molecular weight excluding hydrogens is 706 g/mol. The average molecular weight is 740 g/mol. The molecule has 0 spiro atoms. The van der Waals surface area contributed by atoms with Crippen LogP contribution in [0.5, 0.6) is 0 Å². The summed E-state index contributed by atoms with van der Waals surface area (Å²) in [7, 11) is -3.13. The summed E-state index contributed by atoms with van der Waals surface area (Å²) < 4.78 is 17.7. The highest BCUT2D eigenvalue weighted by molar-refractivity contribution is 7.85. The van der Waals surface area contributed by atoms with Gasteiger partial charge in [0.15, 0.2) is 7.14 Å². The standard InChI is InChI=1S/C51H34NOPS/c53-54(41-20-6-2-7-21-41,42-22-8-3-9-23-42)43-24-13-18-39(34-43)38-17-12-19-40(33-38)50-51-49(45-25-10-11-28-47(45)55-51)48-44(26-14-27-46(48)52-50)37-31-29-36(30-32-37)35-15-4-1-5-16-35/h1-34H. The summed E-state index contributed by atoms with van der Waals surface area (Å²) >= 11 is 1.80. The molecule has 0 saturated heterocycles. The lowest BCUT2D eigenvalue weighted by Gasteiger charge is -2.20. The molecule has 2 aromatic heterocycles. The van der Waals surface area contributed by atoms with E-state index in [0.29, 0.717) is 0 Å². The van der Waals surface area contributed by atoms with Crippen LogP contribution in [0.4, 0.5) is 0 Å². The minimum atomic E-state index is -3.13. The fourth-order valence-electron chi connectivity index (χ4n) is 7.89. The molecule has 0 bridgehead atoms. The molecule has 0 atom stereocenters. The first-order chi connectivity index (χ1) is 27.1. The molecule has 0 fully saturated rings. The van der Waals surface area contributed by atoms with Crippen LogP contribution in [0.2, 0.25) is 0 Å². The molecule has 4 heteroatoms. The molecular formula is C51H34NOPS. The summed E-state index contributed by atoms with van der Waals surface area (Å²) in [5, 5.41) is 6.12. The number of rotatable bonds is 7. The smallest absolute Gasteiger partial charge is 0.171 e. The van der Waals surface area contributed by atoms with Gasteiger partial charge in [0.2, 0.25) is 0 Å². The van der Waals surface area contributed by atoms with E-state index in [1.165, 1.54) is 47.8 Å². The number of pyridine rings is 1. The SMILES string of the molecule is O=P(c1ccccc1)(c1ccccc1)c1cccc(-c2cccc(-c3nc4cccc(-c5ccc(-c6ccccc6)cc5)c4c4c3sc3ccccc34)c2)c1. The van der Waals surface area contributed by atoms with Crippen molar-refractivity contribution in [2.45, 2.75) is 0 Å². The number of aromatic nitrogens is 1. The highest BCUT2D eigenvalue weighted by atomic mass is 32.1. The Balaban J connectivity index is 1.12. The van der Waals surface area contributed by atoms with Crippen LogP contribution in [0.25, 0.3) is 75.7 Å². The Bertz CT molecular complexity index is 3000. The van der Waals surface area contributed by atoms with Gasteiger partial charge in [0.05, 0.1) is 15.9 Å². The topological polar surface area (TPSA) is 30.0 Å². The van der Waals surface area contributed by atoms with Crippen molar-refractivity contribution in [1.82, 2.24) is 4.98 Å². The molecule has 2 nitrogen and oxygen atoms in total. The van der Waals surface area contributed by atoms with Crippen LogP contribution < -0.4 is 15.9 Å². The number of hydrogen-bond acceptors (Lipinski definition) is 3. The summed E-state index contributed by atoms with van der Waals surface area (Å²) in [6.45, 7) is 0. The molecule has 0 aliphatic carbocycles. The van der Waals surface area contributed by atoms with Crippen LogP contribution in [-0.4, -0.2) is 4.98 Å². The summed E-state index contributed by atoms with van der Waals surface area (Å²) in [5.74, 6) is 0. The molecule has 0 saturated carbocycles. The summed E-state index contributed by atoms with van der Waals surface area (Å²) in [6.07, 6.45) is 0. The third-order valence-corrected chi connectivity index (χ3v) is 14.8. The number of thiophene rings is 1. The van der Waals surface area contributed by atoms with Gasteiger partial charge in [-0.15, -0.1) is 11.3 Å². The Labute approximate surface area is 324 Å². The van der Waals surface area contributed by atoms with Crippen molar-refractivity contribution in [1.29, 1.82) is 0 Å². The predicted molar refractivity (Wildman–Crippen MR) is 236 cm³/mol. The lowest BCUT2D eigenvalue weighted by atomic mass is 9.94. The van der Waals surface area contributed by atoms with Crippen molar-refractivity contribution < 1.29 is 4.57 Å². The van der Waals surface area contributed by atoms with E-state index in [2.05, 4.69) is 133 Å². The maximum atomic E-state index is 15.2. The Morgan fingerprint density at radius 2 is 0.927 bits per heavy atom. The zero-order valence-corrected chi connectivity index (χ0v) is 31.6. The number of fused-ring (bicyclic) bond motifs is 5. The van der Waals surface area contributed by atoms with Crippen molar-refractivity contribution >= 4 is 65.5 Å². The van der Waals surface area contributed by atoms with E-state index >= 15 is 4.57 Å². The molecule has 0 radical (unpaired) electrons. The molecule has 0 amide bonds. The van der Waals surface area contributed by atoms with E-state index in [1.54, 1.807) is 11.3 Å². The minimum absolute atomic E-state index is 0.813. The van der Waals surface area contributed by atoms with Crippen molar-refractivity contribution in [3.05, 3.63) is 206 Å². The van der Waals surface area contributed by atoms with E-state index < -0.39 is 7.14 Å². The highest BCUT2D eigenvalue weighted by Gasteiger charge is 2.30. The molecule has 55 heavy (non-hydrogen) atoms. The van der Waals surface area contributed by atoms with Crippen LogP contribution in [0.3, 0.4) is 0 Å². The molecule has 260 valence electrons. The average Bonchev–Trinajstić information content (AvgIpc) is 3.66. The van der Waals surface area contributed by atoms with Crippen LogP contribution in [0.1, 0.15) is 0 Å². The number of benzene rings is 8. The zero-order valence-electron chi connectivity index (χ0n) is 29.8. The van der Waals surface area contributed by atoms with Gasteiger partial charge in [0.25, 0.3) is 0 Å². The Morgan fingerprint density at radius 1 is 0.400 bits per heavy atom. The first-order valence-corrected chi connectivity index (χ1v) is 21.0. The van der Waals surface area contributed by atoms with E-state index in [0.717, 1.165) is 43.8 Å². The van der Waals surface area contributed by atoms with Gasteiger partial charge < -0.3 is 4.57 Å². The van der Waals surface area contributed by atoms with Gasteiger partial charge in [-0.25, -0.2) is 4.98 Å². The van der Waals surface area contributed by atoms with E-state index in [-0.39, 0.29) is 0 Å². The molecule has 0 aliphatic heterocycles. The first-order valence-electron chi connectivity index (χ1n) is 18.5. The maximum Gasteiger partial charge on any atom is 0.171 e. The molecule has 0 unspecified atom stereocenters. The normalized spacial score (nSPS) is 11.7. The number of hydrogen-bond donors (Lipinski definition) is 0. The largest absolute Gasteiger partial charge is 0.309 e. The fourth-order valence-corrected chi connectivity index (χ4v) is 11.8. The second-order valence-electron chi connectivity index (χ2n) is 13.8. The monoisotopic (exact) mass is 739 g/mol. The van der Waals surface area contributed by atoms with Gasteiger partial charge in [-0.1, -0.05) is 182 Å². The molecule has 10 rings (SSSR count). The minimum Gasteiger partial charge on any atom is -0.309 e. The van der Waals surface area contributed by atoms with E-state index in [9.17, 15) is 0 Å². The molecule has 10 aromatic rings. The maximum absolute atomic E-state index is 15.2. The Morgan fingerprint density at radius 3 is 1.65 bits per heavy atom. The third kappa shape index (κ3) is 5.81. The lowest BCUT2D eigenvalue weighted by molar-refractivity contribution is 0.592. The van der Waals surface area contributed by atoms with Gasteiger partial charge in [-0.2, -0.15) is 0 Å². The fraction of sp³-hybridized carbons (Fsp3) is 0. The first kappa shape index (κ1) is 33.2. The lowest BCUT2D eigenvalue weighted by Crippen LogP contribution is -2.25. The second-order valence-corrected chi connectivity index (χ2v) is 17.6. The quantitative estimate of drug-likeness (QED) is 0.152. The highest BCUT2D eigenvalue weighted by Crippen LogP contribution is 2.47. The molecule has 2 heterocycles. The third-order valence-electron chi connectivity index (χ3n) is 10.6. The number of nitrogens with zero attached hydrogens (tertiary/aromatic N) is 1. The van der Waals surface area contributed by atoms with Crippen LogP contribution in [0.15, 0.2) is 206 Å². The van der Waals surface area contributed by atoms with E-state index in [4.69, 9.17) is 4.98 Å². The second kappa shape index (κ2) is 13.8.